The predicted octanol–water partition coefficient (Wildman–Crippen LogP) is 3.40. The van der Waals surface area contributed by atoms with Gasteiger partial charge in [0.2, 0.25) is 0 Å². The zero-order valence-electron chi connectivity index (χ0n) is 15.2. The Bertz CT molecular complexity index is 722. The molecule has 1 aliphatic carbocycles. The summed E-state index contributed by atoms with van der Waals surface area (Å²) in [4.78, 5) is 0. The van der Waals surface area contributed by atoms with Crippen molar-refractivity contribution in [3.63, 3.8) is 0 Å². The minimum atomic E-state index is -4.41. The molecule has 6 nitrogen and oxygen atoms in total. The van der Waals surface area contributed by atoms with Gasteiger partial charge in [0.1, 0.15) is 6.04 Å². The van der Waals surface area contributed by atoms with E-state index in [2.05, 4.69) is 34.6 Å². The van der Waals surface area contributed by atoms with E-state index in [-0.39, 0.29) is 18.2 Å². The summed E-state index contributed by atoms with van der Waals surface area (Å²) < 4.78 is 43.9. The maximum atomic E-state index is 13.6. The molecule has 4 unspecified atom stereocenters. The summed E-state index contributed by atoms with van der Waals surface area (Å²) in [5, 5.41) is 14.2. The molecule has 2 aromatic rings. The van der Waals surface area contributed by atoms with Crippen LogP contribution in [-0.2, 0) is 13.6 Å². The fraction of sp³-hybridized carbons (Fsp3) is 0.706. The van der Waals surface area contributed by atoms with Crippen molar-refractivity contribution < 1.29 is 13.2 Å². The topological polar surface area (TPSA) is 60.6 Å². The number of hydrogen-bond acceptors (Lipinski definition) is 4. The van der Waals surface area contributed by atoms with Crippen molar-refractivity contribution in [3.05, 3.63) is 29.8 Å². The number of nitrogens with one attached hydrogen (secondary N) is 1. The SMILES string of the molecule is CC1CCC(n2cc(C(NCc3cnnn3C)C(F)(F)F)cn2)CC1C. The Morgan fingerprint density at radius 3 is 2.62 bits per heavy atom. The first-order valence-corrected chi connectivity index (χ1v) is 8.93. The van der Waals surface area contributed by atoms with Gasteiger partial charge in [0, 0.05) is 25.4 Å². The van der Waals surface area contributed by atoms with Gasteiger partial charge < -0.3 is 0 Å². The van der Waals surface area contributed by atoms with Gasteiger partial charge in [-0.25, -0.2) is 0 Å². The van der Waals surface area contributed by atoms with Crippen LogP contribution in [-0.4, -0.2) is 31.0 Å². The van der Waals surface area contributed by atoms with E-state index in [1.54, 1.807) is 17.9 Å². The Kier molecular flexibility index (Phi) is 5.36. The van der Waals surface area contributed by atoms with Crippen LogP contribution in [0, 0.1) is 11.8 Å². The van der Waals surface area contributed by atoms with Crippen molar-refractivity contribution in [2.45, 2.75) is 57.9 Å². The van der Waals surface area contributed by atoms with E-state index in [0.717, 1.165) is 19.3 Å². The molecule has 1 aliphatic rings. The Balaban J connectivity index is 1.73. The largest absolute Gasteiger partial charge is 0.408 e. The van der Waals surface area contributed by atoms with Crippen LogP contribution in [0.2, 0.25) is 0 Å². The van der Waals surface area contributed by atoms with Gasteiger partial charge in [0.25, 0.3) is 0 Å². The summed E-state index contributed by atoms with van der Waals surface area (Å²) in [7, 11) is 1.65. The average molecular weight is 370 g/mol. The molecule has 144 valence electrons. The quantitative estimate of drug-likeness (QED) is 0.876. The molecule has 0 bridgehead atoms. The number of alkyl halides is 3. The highest BCUT2D eigenvalue weighted by molar-refractivity contribution is 5.14. The van der Waals surface area contributed by atoms with Crippen LogP contribution in [0.5, 0.6) is 0 Å². The van der Waals surface area contributed by atoms with E-state index in [1.165, 1.54) is 17.1 Å². The van der Waals surface area contributed by atoms with Crippen LogP contribution in [0.25, 0.3) is 0 Å². The number of hydrogen-bond donors (Lipinski definition) is 1. The van der Waals surface area contributed by atoms with Gasteiger partial charge in [0.05, 0.1) is 24.1 Å². The molecule has 9 heteroatoms. The lowest BCUT2D eigenvalue weighted by atomic mass is 9.79. The highest BCUT2D eigenvalue weighted by Crippen LogP contribution is 2.37. The normalized spacial score (nSPS) is 25.4. The molecular weight excluding hydrogens is 345 g/mol. The van der Waals surface area contributed by atoms with E-state index < -0.39 is 12.2 Å². The molecule has 0 amide bonds. The Labute approximate surface area is 150 Å². The van der Waals surface area contributed by atoms with Gasteiger partial charge in [-0.3, -0.25) is 14.7 Å². The minimum Gasteiger partial charge on any atom is -0.297 e. The molecule has 2 aromatic heterocycles. The first-order valence-electron chi connectivity index (χ1n) is 8.93. The monoisotopic (exact) mass is 370 g/mol. The maximum Gasteiger partial charge on any atom is 0.408 e. The molecule has 1 fully saturated rings. The Hall–Kier alpha value is -1.90. The van der Waals surface area contributed by atoms with Crippen LogP contribution in [0.1, 0.15) is 56.5 Å². The second-order valence-corrected chi connectivity index (χ2v) is 7.38. The molecule has 0 aliphatic heterocycles. The first-order chi connectivity index (χ1) is 12.3. The highest BCUT2D eigenvalue weighted by Gasteiger charge is 2.41. The third-order valence-corrected chi connectivity index (χ3v) is 5.52. The van der Waals surface area contributed by atoms with E-state index in [4.69, 9.17) is 0 Å². The molecule has 1 saturated carbocycles. The standard InChI is InChI=1S/C17H25F3N6/c1-11-4-5-14(6-12(11)2)26-10-13(7-23-26)16(17(18,19)20)21-8-15-9-22-24-25(15)3/h7,9-12,14,16,21H,4-6,8H2,1-3H3. The third kappa shape index (κ3) is 4.08. The van der Waals surface area contributed by atoms with E-state index in [0.29, 0.717) is 17.5 Å². The smallest absolute Gasteiger partial charge is 0.297 e. The average Bonchev–Trinajstić information content (AvgIpc) is 3.19. The molecule has 2 heterocycles. The van der Waals surface area contributed by atoms with Crippen LogP contribution in [0.15, 0.2) is 18.6 Å². The molecule has 4 atom stereocenters. The van der Waals surface area contributed by atoms with Crippen LogP contribution >= 0.6 is 0 Å². The second kappa shape index (κ2) is 7.38. The van der Waals surface area contributed by atoms with Gasteiger partial charge in [-0.1, -0.05) is 19.1 Å². The van der Waals surface area contributed by atoms with Gasteiger partial charge >= 0.3 is 6.18 Å². The fourth-order valence-corrected chi connectivity index (χ4v) is 3.56. The molecule has 0 aromatic carbocycles. The van der Waals surface area contributed by atoms with Crippen LogP contribution in [0.4, 0.5) is 13.2 Å². The zero-order valence-corrected chi connectivity index (χ0v) is 15.2. The lowest BCUT2D eigenvalue weighted by Gasteiger charge is -2.32. The maximum absolute atomic E-state index is 13.6. The molecule has 0 spiro atoms. The number of halogens is 3. The van der Waals surface area contributed by atoms with Gasteiger partial charge in [-0.05, 0) is 31.1 Å². The summed E-state index contributed by atoms with van der Waals surface area (Å²) in [6.45, 7) is 4.45. The van der Waals surface area contributed by atoms with Crippen molar-refractivity contribution in [2.75, 3.05) is 0 Å². The highest BCUT2D eigenvalue weighted by atomic mass is 19.4. The second-order valence-electron chi connectivity index (χ2n) is 7.38. The Morgan fingerprint density at radius 2 is 2.00 bits per heavy atom. The summed E-state index contributed by atoms with van der Waals surface area (Å²) in [6, 6.07) is -1.60. The van der Waals surface area contributed by atoms with Crippen molar-refractivity contribution in [1.82, 2.24) is 30.1 Å². The van der Waals surface area contributed by atoms with Crippen molar-refractivity contribution in [1.29, 1.82) is 0 Å². The van der Waals surface area contributed by atoms with E-state index in [9.17, 15) is 13.2 Å². The number of aryl methyl sites for hydroxylation is 1. The fourth-order valence-electron chi connectivity index (χ4n) is 3.56. The Morgan fingerprint density at radius 1 is 1.23 bits per heavy atom. The van der Waals surface area contributed by atoms with E-state index in [1.807, 2.05) is 0 Å². The predicted molar refractivity (Wildman–Crippen MR) is 90.1 cm³/mol. The number of nitrogens with zero attached hydrogens (tertiary/aromatic N) is 5. The van der Waals surface area contributed by atoms with E-state index >= 15 is 0 Å². The van der Waals surface area contributed by atoms with Crippen molar-refractivity contribution in [2.24, 2.45) is 18.9 Å². The lowest BCUT2D eigenvalue weighted by Crippen LogP contribution is -2.34. The minimum absolute atomic E-state index is 0.0246. The van der Waals surface area contributed by atoms with Gasteiger partial charge in [-0.15, -0.1) is 5.10 Å². The number of aromatic nitrogens is 5. The summed E-state index contributed by atoms with van der Waals surface area (Å²) >= 11 is 0. The molecule has 26 heavy (non-hydrogen) atoms. The zero-order chi connectivity index (χ0) is 18.9. The molecule has 0 saturated heterocycles. The molecule has 1 N–H and O–H groups in total. The molecule has 3 rings (SSSR count). The van der Waals surface area contributed by atoms with Crippen molar-refractivity contribution in [3.8, 4) is 0 Å². The molecule has 0 radical (unpaired) electrons. The van der Waals surface area contributed by atoms with Gasteiger partial charge in [-0.2, -0.15) is 18.3 Å². The molecular formula is C17H25F3N6. The third-order valence-electron chi connectivity index (χ3n) is 5.52. The number of rotatable bonds is 5. The summed E-state index contributed by atoms with van der Waals surface area (Å²) in [5.41, 5.74) is 0.723. The summed E-state index contributed by atoms with van der Waals surface area (Å²) in [6.07, 6.45) is 2.90. The van der Waals surface area contributed by atoms with Crippen LogP contribution < -0.4 is 5.32 Å². The van der Waals surface area contributed by atoms with Gasteiger partial charge in [0.15, 0.2) is 0 Å². The van der Waals surface area contributed by atoms with Crippen LogP contribution in [0.3, 0.4) is 0 Å². The lowest BCUT2D eigenvalue weighted by molar-refractivity contribution is -0.158. The summed E-state index contributed by atoms with van der Waals surface area (Å²) in [5.74, 6) is 1.20. The van der Waals surface area contributed by atoms with Crippen molar-refractivity contribution >= 4 is 0 Å². The first kappa shape index (κ1) is 18.9.